The summed E-state index contributed by atoms with van der Waals surface area (Å²) in [6, 6.07) is -17.1. The highest BCUT2D eigenvalue weighted by Gasteiger charge is 2.19. The molecule has 0 spiro atoms. The largest absolute Gasteiger partial charge is 0.135 e. The zero-order valence-electron chi connectivity index (χ0n) is 40.4. The van der Waals surface area contributed by atoms with E-state index in [9.17, 15) is 8.22 Å². The lowest BCUT2D eigenvalue weighted by Crippen LogP contribution is -1.91. The topological polar surface area (TPSA) is 0 Å². The molecule has 0 atom stereocenters. The SMILES string of the molecule is [2H]c1c([2H])c([2H])c2c([2H])c(-c3c4c([2H])c([2H])c([2H])c([2H])c4c(-c4c([2H])c5c([2H])c([2H])c([2H])c([2H])c5c5c([2H])c([2H])c([2H])c([2H])c45)c4c([2H])c([2H])c([2H])c([2H])c34)sc2c1[2H]. The third-order valence-electron chi connectivity index (χ3n) is 6.07. The minimum atomic E-state index is -0.877. The molecule has 1 heteroatoms. The molecule has 7 aromatic carbocycles. The Labute approximate surface area is 250 Å². The third-order valence-corrected chi connectivity index (χ3v) is 7.09. The average molecular weight is 509 g/mol. The maximum Gasteiger partial charge on any atom is 0.0645 e. The molecule has 1 aromatic heterocycles. The molecule has 8 aromatic rings. The molecule has 8 rings (SSSR count). The average Bonchev–Trinajstić information content (AvgIpc) is 3.56. The Morgan fingerprint density at radius 1 is 0.405 bits per heavy atom. The summed E-state index contributed by atoms with van der Waals surface area (Å²) >= 11 is 0.618. The molecule has 0 saturated heterocycles. The van der Waals surface area contributed by atoms with Gasteiger partial charge in [0, 0.05) is 15.1 Å². The smallest absolute Gasteiger partial charge is 0.0645 e. The highest BCUT2D eigenvalue weighted by molar-refractivity contribution is 7.22. The number of benzene rings is 7. The minimum Gasteiger partial charge on any atom is -0.135 e. The van der Waals surface area contributed by atoms with Crippen LogP contribution in [0.5, 0.6) is 0 Å². The van der Waals surface area contributed by atoms with Crippen molar-refractivity contribution < 1.29 is 30.2 Å². The van der Waals surface area contributed by atoms with Crippen LogP contribution >= 0.6 is 11.3 Å². The van der Waals surface area contributed by atoms with Gasteiger partial charge in [-0.3, -0.25) is 0 Å². The summed E-state index contributed by atoms with van der Waals surface area (Å²) in [7, 11) is 0. The van der Waals surface area contributed by atoms with Crippen molar-refractivity contribution >= 4 is 64.5 Å². The molecule has 0 saturated carbocycles. The van der Waals surface area contributed by atoms with E-state index in [0.29, 0.717) is 11.3 Å². The molecule has 172 valence electrons. The maximum absolute atomic E-state index is 9.67. The summed E-state index contributed by atoms with van der Waals surface area (Å²) in [4.78, 5) is -0.269. The predicted molar refractivity (Wildman–Crippen MR) is 163 cm³/mol. The molecule has 0 bridgehead atoms. The van der Waals surface area contributed by atoms with Crippen LogP contribution in [0.1, 0.15) is 30.2 Å². The maximum atomic E-state index is 9.67. The van der Waals surface area contributed by atoms with Crippen LogP contribution in [0.3, 0.4) is 0 Å². The lowest BCUT2D eigenvalue weighted by molar-refractivity contribution is 1.72. The Morgan fingerprint density at radius 2 is 0.892 bits per heavy atom. The van der Waals surface area contributed by atoms with Crippen molar-refractivity contribution in [3.8, 4) is 21.6 Å². The first-order chi connectivity index (χ1) is 27.5. The third kappa shape index (κ3) is 3.08. The van der Waals surface area contributed by atoms with Crippen molar-refractivity contribution in [1.29, 1.82) is 0 Å². The van der Waals surface area contributed by atoms with Gasteiger partial charge in [0.05, 0.1) is 30.2 Å². The Hall–Kier alpha value is -4.46. The van der Waals surface area contributed by atoms with Crippen LogP contribution in [0.15, 0.2) is 133 Å². The van der Waals surface area contributed by atoms with Crippen LogP contribution in [0.2, 0.25) is 0 Å². The number of thiophene rings is 1. The van der Waals surface area contributed by atoms with Crippen molar-refractivity contribution in [1.82, 2.24) is 0 Å². The predicted octanol–water partition coefficient (Wildman–Crippen LogP) is 10.8. The normalized spacial score (nSPS) is 20.1. The van der Waals surface area contributed by atoms with Gasteiger partial charge < -0.3 is 0 Å². The van der Waals surface area contributed by atoms with Gasteiger partial charge >= 0.3 is 0 Å². The first-order valence-electron chi connectivity index (χ1n) is 21.9. The Kier molecular flexibility index (Phi) is 1.85. The van der Waals surface area contributed by atoms with Gasteiger partial charge in [0.2, 0.25) is 0 Å². The highest BCUT2D eigenvalue weighted by atomic mass is 32.1. The van der Waals surface area contributed by atoms with E-state index in [-0.39, 0.29) is 20.5 Å². The Morgan fingerprint density at radius 3 is 1.57 bits per heavy atom. The van der Waals surface area contributed by atoms with Crippen LogP contribution in [0.25, 0.3) is 74.7 Å². The molecule has 0 nitrogen and oxygen atoms in total. The Balaban J connectivity index is 1.82. The zero-order chi connectivity index (χ0) is 43.5. The number of hydrogen-bond donors (Lipinski definition) is 0. The van der Waals surface area contributed by atoms with Gasteiger partial charge in [-0.15, -0.1) is 11.3 Å². The molecule has 0 amide bonds. The molecule has 0 fully saturated rings. The van der Waals surface area contributed by atoms with Gasteiger partial charge in [-0.1, -0.05) is 115 Å². The van der Waals surface area contributed by atoms with Crippen LogP contribution in [-0.4, -0.2) is 0 Å². The van der Waals surface area contributed by atoms with E-state index in [1.54, 1.807) is 0 Å². The molecular formula is C36H22S. The number of fused-ring (bicyclic) bond motifs is 6. The molecule has 0 N–H and O–H groups in total. The van der Waals surface area contributed by atoms with E-state index in [0.717, 1.165) is 0 Å². The highest BCUT2D eigenvalue weighted by Crippen LogP contribution is 2.48. The summed E-state index contributed by atoms with van der Waals surface area (Å²) in [6.07, 6.45) is 0. The van der Waals surface area contributed by atoms with E-state index >= 15 is 0 Å². The van der Waals surface area contributed by atoms with Crippen LogP contribution < -0.4 is 0 Å². The number of rotatable bonds is 2. The molecular weight excluding hydrogens is 464 g/mol. The quantitative estimate of drug-likeness (QED) is 0.161. The van der Waals surface area contributed by atoms with E-state index in [1.807, 2.05) is 0 Å². The molecule has 0 aliphatic rings. The van der Waals surface area contributed by atoms with E-state index in [2.05, 4.69) is 0 Å². The summed E-state index contributed by atoms with van der Waals surface area (Å²) in [5.41, 5.74) is -1.56. The lowest BCUT2D eigenvalue weighted by atomic mass is 9.85. The van der Waals surface area contributed by atoms with Crippen molar-refractivity contribution in [3.05, 3.63) is 133 Å². The second kappa shape index (κ2) is 8.03. The summed E-state index contributed by atoms with van der Waals surface area (Å²) in [5.74, 6) is 0. The monoisotopic (exact) mass is 508 g/mol. The first-order valence-corrected chi connectivity index (χ1v) is 11.7. The molecule has 1 heterocycles. The van der Waals surface area contributed by atoms with Gasteiger partial charge in [0.1, 0.15) is 0 Å². The first kappa shape index (κ1) is 8.55. The molecule has 37 heavy (non-hydrogen) atoms. The van der Waals surface area contributed by atoms with Gasteiger partial charge in [-0.25, -0.2) is 0 Å². The fraction of sp³-hybridized carbons (Fsp3) is 0. The zero-order valence-corrected chi connectivity index (χ0v) is 19.2. The molecule has 0 radical (unpaired) electrons. The van der Waals surface area contributed by atoms with Gasteiger partial charge in [0.25, 0.3) is 0 Å². The van der Waals surface area contributed by atoms with Crippen molar-refractivity contribution in [3.63, 3.8) is 0 Å². The van der Waals surface area contributed by atoms with Crippen LogP contribution in [-0.2, 0) is 0 Å². The lowest BCUT2D eigenvalue weighted by Gasteiger charge is -2.19. The second-order valence-electron chi connectivity index (χ2n) is 8.01. The standard InChI is InChI=1S/C36H22S/c1-3-13-25-23(11-1)21-32(27-15-5-4-14-26(25)27)35-28-16-6-8-18-30(28)36(31-19-9-7-17-29(31)35)34-22-24-12-2-10-20-33(24)37-34/h1-22H/i1D,2D,3D,4D,5D,6D,7D,8D,9D,10D,11D,12D,13D,14D,15D,16D,17D,18D,19D,20D,21D,22D. The fourth-order valence-electron chi connectivity index (χ4n) is 4.58. The van der Waals surface area contributed by atoms with Gasteiger partial charge in [-0.05, 0) is 77.7 Å². The van der Waals surface area contributed by atoms with E-state index in [1.165, 1.54) is 0 Å². The molecule has 0 aliphatic carbocycles. The van der Waals surface area contributed by atoms with Gasteiger partial charge in [-0.2, -0.15) is 0 Å². The van der Waals surface area contributed by atoms with Crippen molar-refractivity contribution in [2.75, 3.05) is 0 Å². The molecule has 0 unspecified atom stereocenters. The van der Waals surface area contributed by atoms with Crippen molar-refractivity contribution in [2.24, 2.45) is 0 Å². The van der Waals surface area contributed by atoms with Crippen LogP contribution in [0.4, 0.5) is 0 Å². The summed E-state index contributed by atoms with van der Waals surface area (Å²) in [5, 5.41) is -4.46. The number of hydrogen-bond acceptors (Lipinski definition) is 1. The summed E-state index contributed by atoms with van der Waals surface area (Å²) in [6.45, 7) is 0. The van der Waals surface area contributed by atoms with Gasteiger partial charge in [0.15, 0.2) is 0 Å². The van der Waals surface area contributed by atoms with E-state index in [4.69, 9.17) is 21.9 Å². The van der Waals surface area contributed by atoms with Crippen LogP contribution in [0, 0.1) is 0 Å². The minimum absolute atomic E-state index is 0.137. The molecule has 0 aliphatic heterocycles. The second-order valence-corrected chi connectivity index (χ2v) is 9.03. The fourth-order valence-corrected chi connectivity index (χ4v) is 5.55. The summed E-state index contributed by atoms with van der Waals surface area (Å²) < 4.78 is 195. The van der Waals surface area contributed by atoms with Crippen molar-refractivity contribution in [2.45, 2.75) is 0 Å². The Bertz CT molecular complexity index is 3270. The van der Waals surface area contributed by atoms with E-state index < -0.39 is 187 Å².